The van der Waals surface area contributed by atoms with Gasteiger partial charge in [0.25, 0.3) is 0 Å². The van der Waals surface area contributed by atoms with Crippen molar-refractivity contribution in [1.82, 2.24) is 9.78 Å². The Morgan fingerprint density at radius 2 is 2.31 bits per heavy atom. The highest BCUT2D eigenvalue weighted by Crippen LogP contribution is 2.53. The number of rotatable bonds is 2. The van der Waals surface area contributed by atoms with Crippen molar-refractivity contribution in [3.05, 3.63) is 11.2 Å². The van der Waals surface area contributed by atoms with E-state index in [1.807, 2.05) is 4.68 Å². The molecule has 72 valence electrons. The van der Waals surface area contributed by atoms with E-state index in [1.165, 1.54) is 12.8 Å². The molecule has 1 heterocycles. The number of aromatic nitrogens is 2. The van der Waals surface area contributed by atoms with Gasteiger partial charge in [0, 0.05) is 0 Å². The van der Waals surface area contributed by atoms with Gasteiger partial charge in [0.2, 0.25) is 0 Å². The van der Waals surface area contributed by atoms with Crippen molar-refractivity contribution < 1.29 is 0 Å². The molecule has 4 heteroatoms. The van der Waals surface area contributed by atoms with Crippen LogP contribution in [0, 0.1) is 5.41 Å². The van der Waals surface area contributed by atoms with Crippen LogP contribution in [0.15, 0.2) is 6.20 Å². The molecule has 2 N–H and O–H groups in total. The zero-order valence-electron chi connectivity index (χ0n) is 7.92. The van der Waals surface area contributed by atoms with E-state index in [4.69, 9.17) is 17.3 Å². The molecule has 0 aromatic carbocycles. The lowest BCUT2D eigenvalue weighted by atomic mass is 10.0. The summed E-state index contributed by atoms with van der Waals surface area (Å²) in [7, 11) is 0. The number of hydrogen-bond donors (Lipinski definition) is 1. The van der Waals surface area contributed by atoms with Gasteiger partial charge < -0.3 is 5.73 Å². The molecule has 0 saturated heterocycles. The minimum atomic E-state index is 0.347. The first-order valence-corrected chi connectivity index (χ1v) is 4.91. The summed E-state index contributed by atoms with van der Waals surface area (Å²) in [5.74, 6) is 0.585. The summed E-state index contributed by atoms with van der Waals surface area (Å²) in [5, 5.41) is 4.73. The molecule has 1 aromatic heterocycles. The van der Waals surface area contributed by atoms with Crippen LogP contribution in [-0.2, 0) is 0 Å². The molecular formula is C9H14ClN3. The molecule has 0 aliphatic heterocycles. The SMILES string of the molecule is CC(n1ncc(Cl)c1N)C1(C)CC1. The van der Waals surface area contributed by atoms with E-state index in [2.05, 4.69) is 18.9 Å². The number of nitrogens with zero attached hydrogens (tertiary/aromatic N) is 2. The van der Waals surface area contributed by atoms with Gasteiger partial charge in [0.1, 0.15) is 10.8 Å². The van der Waals surface area contributed by atoms with Crippen molar-refractivity contribution in [3.8, 4) is 0 Å². The van der Waals surface area contributed by atoms with Crippen molar-refractivity contribution in [2.24, 2.45) is 5.41 Å². The van der Waals surface area contributed by atoms with E-state index in [1.54, 1.807) is 6.20 Å². The maximum atomic E-state index is 5.84. The van der Waals surface area contributed by atoms with Crippen molar-refractivity contribution >= 4 is 17.4 Å². The van der Waals surface area contributed by atoms with Crippen molar-refractivity contribution in [3.63, 3.8) is 0 Å². The maximum absolute atomic E-state index is 5.84. The molecule has 2 rings (SSSR count). The van der Waals surface area contributed by atoms with E-state index < -0.39 is 0 Å². The third-order valence-electron chi connectivity index (χ3n) is 3.20. The Morgan fingerprint density at radius 3 is 2.69 bits per heavy atom. The fourth-order valence-corrected chi connectivity index (χ4v) is 1.70. The van der Waals surface area contributed by atoms with Gasteiger partial charge >= 0.3 is 0 Å². The first-order valence-electron chi connectivity index (χ1n) is 4.53. The third-order valence-corrected chi connectivity index (χ3v) is 3.49. The highest BCUT2D eigenvalue weighted by atomic mass is 35.5. The highest BCUT2D eigenvalue weighted by Gasteiger charge is 2.44. The molecule has 1 aliphatic rings. The second-order valence-electron chi connectivity index (χ2n) is 4.15. The Hall–Kier alpha value is -0.700. The Bertz CT molecular complexity index is 328. The topological polar surface area (TPSA) is 43.8 Å². The van der Waals surface area contributed by atoms with Crippen LogP contribution in [0.25, 0.3) is 0 Å². The molecule has 1 aromatic rings. The zero-order valence-corrected chi connectivity index (χ0v) is 8.67. The summed E-state index contributed by atoms with van der Waals surface area (Å²) < 4.78 is 1.83. The molecule has 0 spiro atoms. The lowest BCUT2D eigenvalue weighted by Crippen LogP contribution is -2.17. The van der Waals surface area contributed by atoms with Crippen LogP contribution in [0.4, 0.5) is 5.82 Å². The number of anilines is 1. The minimum Gasteiger partial charge on any atom is -0.383 e. The zero-order chi connectivity index (χ0) is 9.64. The standard InChI is InChI=1S/C9H14ClN3/c1-6(9(2)3-4-9)13-8(11)7(10)5-12-13/h5-6H,3-4,11H2,1-2H3. The van der Waals surface area contributed by atoms with Crippen LogP contribution in [0.5, 0.6) is 0 Å². The number of halogens is 1. The summed E-state index contributed by atoms with van der Waals surface area (Å²) >= 11 is 5.84. The summed E-state index contributed by atoms with van der Waals surface area (Å²) in [6.45, 7) is 4.40. The van der Waals surface area contributed by atoms with E-state index in [9.17, 15) is 0 Å². The fraction of sp³-hybridized carbons (Fsp3) is 0.667. The van der Waals surface area contributed by atoms with E-state index >= 15 is 0 Å². The third kappa shape index (κ3) is 1.31. The first-order chi connectivity index (χ1) is 6.04. The molecule has 1 fully saturated rings. The van der Waals surface area contributed by atoms with Gasteiger partial charge in [-0.25, -0.2) is 4.68 Å². The second-order valence-corrected chi connectivity index (χ2v) is 4.56. The van der Waals surface area contributed by atoms with Gasteiger partial charge in [-0.2, -0.15) is 5.10 Å². The van der Waals surface area contributed by atoms with Gasteiger partial charge in [-0.15, -0.1) is 0 Å². The molecule has 0 radical (unpaired) electrons. The molecule has 13 heavy (non-hydrogen) atoms. The summed E-state index contributed by atoms with van der Waals surface area (Å²) in [5.41, 5.74) is 6.17. The first kappa shape index (κ1) is 8.88. The van der Waals surface area contributed by atoms with Crippen LogP contribution in [0.3, 0.4) is 0 Å². The van der Waals surface area contributed by atoms with Crippen LogP contribution in [-0.4, -0.2) is 9.78 Å². The summed E-state index contributed by atoms with van der Waals surface area (Å²) in [4.78, 5) is 0. The molecule has 0 amide bonds. The van der Waals surface area contributed by atoms with Gasteiger partial charge in [-0.1, -0.05) is 18.5 Å². The lowest BCUT2D eigenvalue weighted by Gasteiger charge is -2.20. The minimum absolute atomic E-state index is 0.347. The lowest BCUT2D eigenvalue weighted by molar-refractivity contribution is 0.335. The predicted molar refractivity (Wildman–Crippen MR) is 53.7 cm³/mol. The molecule has 3 nitrogen and oxygen atoms in total. The molecule has 1 atom stereocenters. The Balaban J connectivity index is 2.30. The predicted octanol–water partition coefficient (Wildman–Crippen LogP) is 2.48. The molecule has 0 bridgehead atoms. The quantitative estimate of drug-likeness (QED) is 0.796. The molecule has 1 aliphatic carbocycles. The molecule has 1 saturated carbocycles. The van der Waals surface area contributed by atoms with Crippen molar-refractivity contribution in [1.29, 1.82) is 0 Å². The maximum Gasteiger partial charge on any atom is 0.140 e. The van der Waals surface area contributed by atoms with Crippen molar-refractivity contribution in [2.75, 3.05) is 5.73 Å². The Kier molecular flexibility index (Phi) is 1.80. The van der Waals surface area contributed by atoms with Crippen LogP contribution in [0.2, 0.25) is 5.02 Å². The van der Waals surface area contributed by atoms with Crippen molar-refractivity contribution in [2.45, 2.75) is 32.7 Å². The summed E-state index contributed by atoms with van der Waals surface area (Å²) in [6, 6.07) is 0.347. The number of hydrogen-bond acceptors (Lipinski definition) is 2. The van der Waals surface area contributed by atoms with E-state index in [-0.39, 0.29) is 0 Å². The van der Waals surface area contributed by atoms with Crippen LogP contribution in [0.1, 0.15) is 32.7 Å². The van der Waals surface area contributed by atoms with Crippen LogP contribution < -0.4 is 5.73 Å². The molecule has 1 unspecified atom stereocenters. The summed E-state index contributed by atoms with van der Waals surface area (Å²) in [6.07, 6.45) is 4.12. The normalized spacial score (nSPS) is 21.5. The van der Waals surface area contributed by atoms with Gasteiger partial charge in [0.15, 0.2) is 0 Å². The fourth-order valence-electron chi connectivity index (χ4n) is 1.57. The second kappa shape index (κ2) is 2.64. The largest absolute Gasteiger partial charge is 0.383 e. The average molecular weight is 200 g/mol. The van der Waals surface area contributed by atoms with Gasteiger partial charge in [-0.05, 0) is 25.2 Å². The smallest absolute Gasteiger partial charge is 0.140 e. The monoisotopic (exact) mass is 199 g/mol. The highest BCUT2D eigenvalue weighted by molar-refractivity contribution is 6.32. The molecular weight excluding hydrogens is 186 g/mol. The van der Waals surface area contributed by atoms with E-state index in [0.717, 1.165) is 0 Å². The Morgan fingerprint density at radius 1 is 1.69 bits per heavy atom. The number of nitrogen functional groups attached to an aromatic ring is 1. The van der Waals surface area contributed by atoms with Crippen LogP contribution >= 0.6 is 11.6 Å². The van der Waals surface area contributed by atoms with Gasteiger partial charge in [-0.3, -0.25) is 0 Å². The van der Waals surface area contributed by atoms with Gasteiger partial charge in [0.05, 0.1) is 12.2 Å². The Labute approximate surface area is 82.9 Å². The average Bonchev–Trinajstić information content (AvgIpc) is 2.76. The van der Waals surface area contributed by atoms with E-state index in [0.29, 0.717) is 22.3 Å². The number of nitrogens with two attached hydrogens (primary N) is 1.